The van der Waals surface area contributed by atoms with Gasteiger partial charge in [-0.15, -0.1) is 11.3 Å². The Kier molecular flexibility index (Phi) is 3.39. The second kappa shape index (κ2) is 4.19. The molecule has 1 aromatic heterocycles. The number of Topliss-reactive ketones (excluding diaryl/α,β-unsaturated/α-hetero) is 1. The van der Waals surface area contributed by atoms with E-state index in [2.05, 4.69) is 4.98 Å². The molecule has 0 aliphatic heterocycles. The number of hydrogen-bond acceptors (Lipinski definition) is 4. The Morgan fingerprint density at radius 1 is 1.57 bits per heavy atom. The van der Waals surface area contributed by atoms with E-state index in [0.717, 1.165) is 4.88 Å². The van der Waals surface area contributed by atoms with Gasteiger partial charge in [0, 0.05) is 17.5 Å². The van der Waals surface area contributed by atoms with Gasteiger partial charge in [0.05, 0.1) is 11.0 Å². The fourth-order valence-electron chi connectivity index (χ4n) is 0.953. The lowest BCUT2D eigenvalue weighted by Crippen LogP contribution is -2.46. The largest absolute Gasteiger partial charge is 0.298 e. The number of aromatic nitrogens is 1. The van der Waals surface area contributed by atoms with Crippen LogP contribution in [-0.4, -0.2) is 35.3 Å². The molecule has 0 bridgehead atoms. The number of carbonyl (C=O) groups is 1. The van der Waals surface area contributed by atoms with Crippen molar-refractivity contribution in [2.75, 3.05) is 14.1 Å². The summed E-state index contributed by atoms with van der Waals surface area (Å²) in [6.45, 7) is 3.88. The van der Waals surface area contributed by atoms with E-state index >= 15 is 0 Å². The van der Waals surface area contributed by atoms with Crippen LogP contribution < -0.4 is 0 Å². The normalized spacial score (nSPS) is 12.1. The van der Waals surface area contributed by atoms with Crippen molar-refractivity contribution in [3.8, 4) is 0 Å². The second-order valence-electron chi connectivity index (χ2n) is 4.02. The molecular formula is C10H16N2OS. The third kappa shape index (κ3) is 2.39. The molecule has 1 aromatic rings. The first-order valence-corrected chi connectivity index (χ1v) is 5.40. The fraction of sp³-hybridized carbons (Fsp3) is 0.600. The molecule has 14 heavy (non-hydrogen) atoms. The van der Waals surface area contributed by atoms with Gasteiger partial charge >= 0.3 is 0 Å². The van der Waals surface area contributed by atoms with Gasteiger partial charge in [-0.3, -0.25) is 14.7 Å². The quantitative estimate of drug-likeness (QED) is 0.760. The Morgan fingerprint density at radius 3 is 2.64 bits per heavy atom. The Hall–Kier alpha value is -0.740. The number of likely N-dealkylation sites (N-methyl/N-ethyl adjacent to an activating group) is 1. The molecule has 1 rings (SSSR count). The molecule has 0 saturated heterocycles. The molecule has 1 heterocycles. The summed E-state index contributed by atoms with van der Waals surface area (Å²) in [4.78, 5) is 18.8. The van der Waals surface area contributed by atoms with Crippen LogP contribution in [0.5, 0.6) is 0 Å². The minimum atomic E-state index is -0.399. The fourth-order valence-corrected chi connectivity index (χ4v) is 1.55. The first kappa shape index (κ1) is 11.3. The van der Waals surface area contributed by atoms with E-state index in [1.165, 1.54) is 11.3 Å². The number of hydrogen-bond donors (Lipinski definition) is 0. The van der Waals surface area contributed by atoms with Crippen LogP contribution in [-0.2, 0) is 11.2 Å². The first-order chi connectivity index (χ1) is 6.44. The Morgan fingerprint density at radius 2 is 2.21 bits per heavy atom. The van der Waals surface area contributed by atoms with Gasteiger partial charge in [0.2, 0.25) is 0 Å². The molecular weight excluding hydrogens is 196 g/mol. The molecule has 4 heteroatoms. The molecule has 78 valence electrons. The first-order valence-electron chi connectivity index (χ1n) is 4.52. The minimum absolute atomic E-state index is 0.228. The Labute approximate surface area is 88.8 Å². The van der Waals surface area contributed by atoms with Crippen molar-refractivity contribution in [2.24, 2.45) is 0 Å². The number of ketones is 1. The lowest BCUT2D eigenvalue weighted by atomic mass is 9.95. The summed E-state index contributed by atoms with van der Waals surface area (Å²) >= 11 is 1.53. The molecule has 0 aromatic carbocycles. The van der Waals surface area contributed by atoms with Gasteiger partial charge in [0.25, 0.3) is 0 Å². The van der Waals surface area contributed by atoms with Gasteiger partial charge in [-0.25, -0.2) is 0 Å². The summed E-state index contributed by atoms with van der Waals surface area (Å²) in [5.41, 5.74) is 1.36. The molecule has 0 aliphatic rings. The molecule has 0 unspecified atom stereocenters. The smallest absolute Gasteiger partial charge is 0.157 e. The van der Waals surface area contributed by atoms with Crippen molar-refractivity contribution in [1.82, 2.24) is 9.88 Å². The monoisotopic (exact) mass is 212 g/mol. The Balaban J connectivity index is 2.67. The topological polar surface area (TPSA) is 33.2 Å². The van der Waals surface area contributed by atoms with Crippen molar-refractivity contribution in [3.63, 3.8) is 0 Å². The zero-order chi connectivity index (χ0) is 10.8. The number of nitrogens with zero attached hydrogens (tertiary/aromatic N) is 2. The van der Waals surface area contributed by atoms with E-state index in [1.807, 2.05) is 32.8 Å². The Bertz CT molecular complexity index is 304. The molecule has 0 amide bonds. The highest BCUT2D eigenvalue weighted by Gasteiger charge is 2.29. The summed E-state index contributed by atoms with van der Waals surface area (Å²) in [7, 11) is 3.84. The third-order valence-electron chi connectivity index (χ3n) is 2.62. The number of thiazole rings is 1. The highest BCUT2D eigenvalue weighted by molar-refractivity contribution is 7.09. The van der Waals surface area contributed by atoms with Crippen molar-refractivity contribution >= 4 is 17.1 Å². The lowest BCUT2D eigenvalue weighted by molar-refractivity contribution is -0.127. The molecule has 3 nitrogen and oxygen atoms in total. The number of rotatable bonds is 4. The molecule has 0 N–H and O–H groups in total. The molecule has 0 atom stereocenters. The summed E-state index contributed by atoms with van der Waals surface area (Å²) in [6.07, 6.45) is 2.24. The van der Waals surface area contributed by atoms with Crippen LogP contribution in [0, 0.1) is 0 Å². The van der Waals surface area contributed by atoms with Gasteiger partial charge < -0.3 is 0 Å². The van der Waals surface area contributed by atoms with E-state index < -0.39 is 5.54 Å². The van der Waals surface area contributed by atoms with Gasteiger partial charge in [-0.05, 0) is 27.9 Å². The van der Waals surface area contributed by atoms with Crippen LogP contribution in [0.25, 0.3) is 0 Å². The SMILES string of the molecule is CN(C)C(C)(C)C(=O)Cc1cncs1. The van der Waals surface area contributed by atoms with Crippen LogP contribution in [0.2, 0.25) is 0 Å². The maximum Gasteiger partial charge on any atom is 0.157 e. The van der Waals surface area contributed by atoms with Gasteiger partial charge in [0.1, 0.15) is 0 Å². The summed E-state index contributed by atoms with van der Waals surface area (Å²) in [5, 5.41) is 0. The zero-order valence-corrected chi connectivity index (χ0v) is 9.89. The average Bonchev–Trinajstić information content (AvgIpc) is 2.56. The zero-order valence-electron chi connectivity index (χ0n) is 9.07. The van der Waals surface area contributed by atoms with Crippen LogP contribution in [0.4, 0.5) is 0 Å². The summed E-state index contributed by atoms with van der Waals surface area (Å²) in [6, 6.07) is 0. The van der Waals surface area contributed by atoms with Crippen LogP contribution in [0.15, 0.2) is 11.7 Å². The standard InChI is InChI=1S/C10H16N2OS/c1-10(2,12(3)4)9(13)5-8-6-11-7-14-8/h6-7H,5H2,1-4H3. The summed E-state index contributed by atoms with van der Waals surface area (Å²) < 4.78 is 0. The van der Waals surface area contributed by atoms with E-state index in [4.69, 9.17) is 0 Å². The van der Waals surface area contributed by atoms with E-state index in [1.54, 1.807) is 11.7 Å². The predicted octanol–water partition coefficient (Wildman–Crippen LogP) is 1.59. The van der Waals surface area contributed by atoms with Gasteiger partial charge in [-0.1, -0.05) is 0 Å². The molecule has 0 saturated carbocycles. The van der Waals surface area contributed by atoms with Gasteiger partial charge in [-0.2, -0.15) is 0 Å². The maximum atomic E-state index is 11.9. The number of carbonyl (C=O) groups excluding carboxylic acids is 1. The highest BCUT2D eigenvalue weighted by Crippen LogP contribution is 2.16. The van der Waals surface area contributed by atoms with Crippen LogP contribution >= 0.6 is 11.3 Å². The van der Waals surface area contributed by atoms with E-state index in [9.17, 15) is 4.79 Å². The molecule has 0 spiro atoms. The lowest BCUT2D eigenvalue weighted by Gasteiger charge is -2.30. The van der Waals surface area contributed by atoms with Crippen LogP contribution in [0.1, 0.15) is 18.7 Å². The average molecular weight is 212 g/mol. The molecule has 0 fully saturated rings. The van der Waals surface area contributed by atoms with E-state index in [0.29, 0.717) is 6.42 Å². The van der Waals surface area contributed by atoms with Gasteiger partial charge in [0.15, 0.2) is 5.78 Å². The van der Waals surface area contributed by atoms with Crippen molar-refractivity contribution in [3.05, 3.63) is 16.6 Å². The third-order valence-corrected chi connectivity index (χ3v) is 3.40. The predicted molar refractivity (Wildman–Crippen MR) is 58.6 cm³/mol. The maximum absolute atomic E-state index is 11.9. The van der Waals surface area contributed by atoms with Crippen LogP contribution in [0.3, 0.4) is 0 Å². The van der Waals surface area contributed by atoms with Crippen molar-refractivity contribution in [1.29, 1.82) is 0 Å². The van der Waals surface area contributed by atoms with Crippen molar-refractivity contribution < 1.29 is 4.79 Å². The minimum Gasteiger partial charge on any atom is -0.298 e. The molecule has 0 radical (unpaired) electrons. The summed E-state index contributed by atoms with van der Waals surface area (Å²) in [5.74, 6) is 0.228. The van der Waals surface area contributed by atoms with Crippen molar-refractivity contribution in [2.45, 2.75) is 25.8 Å². The molecule has 0 aliphatic carbocycles. The highest BCUT2D eigenvalue weighted by atomic mass is 32.1. The van der Waals surface area contributed by atoms with E-state index in [-0.39, 0.29) is 5.78 Å². The second-order valence-corrected chi connectivity index (χ2v) is 4.99.